The number of para-hydroxylation sites is 2. The standard InChI is InChI=1S/C28H32N6O5S2/c29-19(9-15-11-30-20-7-3-1-5-17(15)20)25(35)32-22(10-16-12-31-21-8-4-2-6-18(16)21)26(36)33-23(13-40)27(37)34-24(14-41)28(38)39/h1-8,11-12,19,22-24,30-31,40-41H,9-10,13-14,29H2,(H,32,35)(H,33,36)(H,34,37)(H,38,39). The molecule has 0 fully saturated rings. The van der Waals surface area contributed by atoms with Crippen LogP contribution in [-0.4, -0.2) is 74.4 Å². The van der Waals surface area contributed by atoms with E-state index in [0.717, 1.165) is 32.9 Å². The highest BCUT2D eigenvalue weighted by atomic mass is 32.1. The summed E-state index contributed by atoms with van der Waals surface area (Å²) in [5.41, 5.74) is 9.71. The van der Waals surface area contributed by atoms with Crippen LogP contribution in [0.4, 0.5) is 0 Å². The molecule has 0 aliphatic heterocycles. The number of nitrogens with two attached hydrogens (primary N) is 1. The Hall–Kier alpha value is -3.94. The largest absolute Gasteiger partial charge is 0.480 e. The van der Waals surface area contributed by atoms with E-state index < -0.39 is 47.9 Å². The molecule has 0 saturated carbocycles. The van der Waals surface area contributed by atoms with Crippen LogP contribution in [0.1, 0.15) is 11.1 Å². The lowest BCUT2D eigenvalue weighted by molar-refractivity contribution is -0.141. The summed E-state index contributed by atoms with van der Waals surface area (Å²) in [6.45, 7) is 0. The third-order valence-corrected chi connectivity index (χ3v) is 7.53. The van der Waals surface area contributed by atoms with Crippen LogP contribution in [0.3, 0.4) is 0 Å². The minimum absolute atomic E-state index is 0.107. The van der Waals surface area contributed by atoms with Gasteiger partial charge in [0, 0.05) is 52.1 Å². The van der Waals surface area contributed by atoms with Gasteiger partial charge in [-0.25, -0.2) is 4.79 Å². The zero-order valence-corrected chi connectivity index (χ0v) is 23.8. The lowest BCUT2D eigenvalue weighted by Gasteiger charge is -2.24. The second kappa shape index (κ2) is 13.6. The predicted molar refractivity (Wildman–Crippen MR) is 163 cm³/mol. The number of hydrogen-bond donors (Lipinski definition) is 9. The molecule has 4 unspecified atom stereocenters. The van der Waals surface area contributed by atoms with E-state index >= 15 is 0 Å². The Bertz CT molecular complexity index is 1550. The van der Waals surface area contributed by atoms with Gasteiger partial charge in [-0.2, -0.15) is 25.3 Å². The number of carbonyl (C=O) groups excluding carboxylic acids is 3. The van der Waals surface area contributed by atoms with Crippen molar-refractivity contribution < 1.29 is 24.3 Å². The molecule has 8 N–H and O–H groups in total. The molecule has 2 aromatic carbocycles. The summed E-state index contributed by atoms with van der Waals surface area (Å²) in [5, 5.41) is 18.8. The number of aliphatic carboxylic acids is 1. The molecule has 11 nitrogen and oxygen atoms in total. The van der Waals surface area contributed by atoms with E-state index in [1.807, 2.05) is 48.5 Å². The Morgan fingerprint density at radius 3 is 1.71 bits per heavy atom. The average molecular weight is 597 g/mol. The Morgan fingerprint density at radius 1 is 0.707 bits per heavy atom. The maximum atomic E-state index is 13.5. The molecular weight excluding hydrogens is 564 g/mol. The summed E-state index contributed by atoms with van der Waals surface area (Å²) in [5.74, 6) is -3.42. The van der Waals surface area contributed by atoms with E-state index in [9.17, 15) is 24.3 Å². The van der Waals surface area contributed by atoms with Crippen LogP contribution < -0.4 is 21.7 Å². The molecule has 2 aromatic heterocycles. The van der Waals surface area contributed by atoms with Gasteiger partial charge in [-0.05, 0) is 29.7 Å². The van der Waals surface area contributed by atoms with Gasteiger partial charge >= 0.3 is 5.97 Å². The molecule has 0 radical (unpaired) electrons. The molecule has 0 saturated heterocycles. The van der Waals surface area contributed by atoms with Gasteiger partial charge in [0.15, 0.2) is 0 Å². The highest BCUT2D eigenvalue weighted by Gasteiger charge is 2.30. The maximum Gasteiger partial charge on any atom is 0.327 e. The molecule has 0 aliphatic carbocycles. The Balaban J connectivity index is 1.52. The van der Waals surface area contributed by atoms with Crippen LogP contribution in [0, 0.1) is 0 Å². The number of amides is 3. The number of H-pyrrole nitrogens is 2. The number of nitrogens with one attached hydrogen (secondary N) is 5. The van der Waals surface area contributed by atoms with Gasteiger partial charge in [0.05, 0.1) is 6.04 Å². The van der Waals surface area contributed by atoms with E-state index in [1.54, 1.807) is 12.4 Å². The first-order valence-corrected chi connectivity index (χ1v) is 14.2. The zero-order valence-electron chi connectivity index (χ0n) is 22.0. The van der Waals surface area contributed by atoms with Crippen molar-refractivity contribution in [3.8, 4) is 0 Å². The number of aromatic nitrogens is 2. The summed E-state index contributed by atoms with van der Waals surface area (Å²) in [6.07, 6.45) is 3.91. The predicted octanol–water partition coefficient (Wildman–Crippen LogP) is 1.16. The van der Waals surface area contributed by atoms with Crippen molar-refractivity contribution in [1.29, 1.82) is 0 Å². The molecule has 0 bridgehead atoms. The number of aromatic amines is 2. The second-order valence-electron chi connectivity index (χ2n) is 9.62. The van der Waals surface area contributed by atoms with E-state index in [4.69, 9.17) is 5.73 Å². The Morgan fingerprint density at radius 2 is 1.17 bits per heavy atom. The van der Waals surface area contributed by atoms with Crippen molar-refractivity contribution in [3.05, 3.63) is 72.1 Å². The maximum absolute atomic E-state index is 13.5. The van der Waals surface area contributed by atoms with Crippen molar-refractivity contribution in [2.75, 3.05) is 11.5 Å². The van der Waals surface area contributed by atoms with Crippen LogP contribution in [-0.2, 0) is 32.0 Å². The van der Waals surface area contributed by atoms with Gasteiger partial charge < -0.3 is 36.8 Å². The average Bonchev–Trinajstić information content (AvgIpc) is 3.57. The van der Waals surface area contributed by atoms with Crippen LogP contribution in [0.15, 0.2) is 60.9 Å². The van der Waals surface area contributed by atoms with Gasteiger partial charge in [-0.3, -0.25) is 14.4 Å². The van der Waals surface area contributed by atoms with Gasteiger partial charge in [0.2, 0.25) is 17.7 Å². The number of carbonyl (C=O) groups is 4. The SMILES string of the molecule is NC(Cc1c[nH]c2ccccc12)C(=O)NC(Cc1c[nH]c2ccccc12)C(=O)NC(CS)C(=O)NC(CS)C(=O)O. The molecule has 3 amide bonds. The van der Waals surface area contributed by atoms with Crippen molar-refractivity contribution >= 4 is 70.8 Å². The molecule has 216 valence electrons. The molecule has 4 atom stereocenters. The van der Waals surface area contributed by atoms with Crippen LogP contribution >= 0.6 is 25.3 Å². The molecule has 41 heavy (non-hydrogen) atoms. The molecule has 0 spiro atoms. The quantitative estimate of drug-likeness (QED) is 0.104. The summed E-state index contributed by atoms with van der Waals surface area (Å²) >= 11 is 8.11. The first-order chi connectivity index (χ1) is 19.7. The first kappa shape index (κ1) is 30.0. The lowest BCUT2D eigenvalue weighted by Crippen LogP contribution is -2.58. The third-order valence-electron chi connectivity index (χ3n) is 6.80. The van der Waals surface area contributed by atoms with Gasteiger partial charge in [0.1, 0.15) is 18.1 Å². The van der Waals surface area contributed by atoms with Crippen LogP contribution in [0.2, 0.25) is 0 Å². The Kier molecular flexibility index (Phi) is 9.97. The molecule has 13 heteroatoms. The topological polar surface area (TPSA) is 182 Å². The molecular formula is C28H32N6O5S2. The fourth-order valence-electron chi connectivity index (χ4n) is 4.56. The van der Waals surface area contributed by atoms with Gasteiger partial charge in [0.25, 0.3) is 0 Å². The normalized spacial score (nSPS) is 14.2. The zero-order chi connectivity index (χ0) is 29.5. The third kappa shape index (κ3) is 7.23. The second-order valence-corrected chi connectivity index (χ2v) is 10.4. The van der Waals surface area contributed by atoms with Crippen molar-refractivity contribution in [2.45, 2.75) is 37.0 Å². The van der Waals surface area contributed by atoms with Gasteiger partial charge in [-0.15, -0.1) is 0 Å². The number of fused-ring (bicyclic) bond motifs is 2. The first-order valence-electron chi connectivity index (χ1n) is 12.9. The summed E-state index contributed by atoms with van der Waals surface area (Å²) in [7, 11) is 0. The number of hydrogen-bond acceptors (Lipinski definition) is 7. The van der Waals surface area contributed by atoms with E-state index in [0.29, 0.717) is 0 Å². The Labute approximate surface area is 246 Å². The van der Waals surface area contributed by atoms with Crippen LogP contribution in [0.25, 0.3) is 21.8 Å². The number of thiol groups is 2. The summed E-state index contributed by atoms with van der Waals surface area (Å²) in [6, 6.07) is 10.8. The van der Waals surface area contributed by atoms with Gasteiger partial charge in [-0.1, -0.05) is 36.4 Å². The van der Waals surface area contributed by atoms with E-state index in [-0.39, 0.29) is 24.3 Å². The highest BCUT2D eigenvalue weighted by molar-refractivity contribution is 7.80. The van der Waals surface area contributed by atoms with Crippen LogP contribution in [0.5, 0.6) is 0 Å². The summed E-state index contributed by atoms with van der Waals surface area (Å²) in [4.78, 5) is 57.1. The number of rotatable bonds is 13. The molecule has 2 heterocycles. The number of carboxylic acids is 1. The van der Waals surface area contributed by atoms with E-state index in [1.165, 1.54) is 0 Å². The fraction of sp³-hybridized carbons (Fsp3) is 0.286. The summed E-state index contributed by atoms with van der Waals surface area (Å²) < 4.78 is 0. The highest BCUT2D eigenvalue weighted by Crippen LogP contribution is 2.20. The van der Waals surface area contributed by atoms with Crippen molar-refractivity contribution in [2.24, 2.45) is 5.73 Å². The minimum atomic E-state index is -1.26. The minimum Gasteiger partial charge on any atom is -0.480 e. The lowest BCUT2D eigenvalue weighted by atomic mass is 10.0. The van der Waals surface area contributed by atoms with Crippen molar-refractivity contribution in [3.63, 3.8) is 0 Å². The molecule has 4 rings (SSSR count). The molecule has 4 aromatic rings. The monoisotopic (exact) mass is 596 g/mol. The smallest absolute Gasteiger partial charge is 0.327 e. The van der Waals surface area contributed by atoms with Crippen molar-refractivity contribution in [1.82, 2.24) is 25.9 Å². The number of carboxylic acid groups (broad SMARTS) is 1. The van der Waals surface area contributed by atoms with E-state index in [2.05, 4.69) is 51.2 Å². The fourth-order valence-corrected chi connectivity index (χ4v) is 5.07. The number of benzene rings is 2. The molecule has 0 aliphatic rings.